The van der Waals surface area contributed by atoms with Crippen LogP contribution < -0.4 is 0 Å². The van der Waals surface area contributed by atoms with Crippen molar-refractivity contribution in [2.75, 3.05) is 0 Å². The largest absolute Gasteiger partial charge is 0.417 e. The zero-order valence-corrected chi connectivity index (χ0v) is 30.8. The van der Waals surface area contributed by atoms with Crippen LogP contribution in [0.3, 0.4) is 0 Å². The molecule has 11 heteroatoms. The summed E-state index contributed by atoms with van der Waals surface area (Å²) in [5, 5.41) is 61.9. The summed E-state index contributed by atoms with van der Waals surface area (Å²) < 4.78 is 48.1. The van der Waals surface area contributed by atoms with Crippen LogP contribution in [0.25, 0.3) is 77.2 Å². The molecule has 278 valence electrons. The Hall–Kier alpha value is -9.13. The number of nitrogens with zero attached hydrogens (tertiary/aromatic N) is 8. The summed E-state index contributed by atoms with van der Waals surface area (Å²) >= 11 is 0. The topological polar surface area (TPSA) is 153 Å². The molecule has 0 atom stereocenters. The molecule has 7 aromatic carbocycles. The summed E-state index contributed by atoms with van der Waals surface area (Å²) in [6.45, 7) is 0. The Bertz CT molecular complexity index is 3480. The molecule has 60 heavy (non-hydrogen) atoms. The van der Waals surface area contributed by atoms with E-state index in [-0.39, 0.29) is 22.3 Å². The zero-order valence-electron chi connectivity index (χ0n) is 30.8. The molecule has 0 saturated carbocycles. The van der Waals surface area contributed by atoms with Crippen LogP contribution in [0, 0.1) is 68.0 Å². The van der Waals surface area contributed by atoms with Gasteiger partial charge in [-0.2, -0.15) is 44.7 Å². The van der Waals surface area contributed by atoms with Crippen molar-refractivity contribution < 1.29 is 13.2 Å². The van der Waals surface area contributed by atoms with E-state index >= 15 is 0 Å². The number of aromatic nitrogens is 2. The Kier molecular flexibility index (Phi) is 8.40. The molecule has 0 fully saturated rings. The monoisotopic (exact) mass is 778 g/mol. The molecule has 8 nitrogen and oxygen atoms in total. The van der Waals surface area contributed by atoms with Gasteiger partial charge in [-0.1, -0.05) is 12.1 Å². The summed E-state index contributed by atoms with van der Waals surface area (Å²) in [4.78, 5) is 0. The first-order chi connectivity index (χ1) is 29.1. The number of alkyl halides is 3. The third-order valence-corrected chi connectivity index (χ3v) is 10.7. The molecule has 0 aliphatic rings. The second-order valence-corrected chi connectivity index (χ2v) is 14.0. The Labute approximate surface area is 339 Å². The summed E-state index contributed by atoms with van der Waals surface area (Å²) in [7, 11) is 0. The third-order valence-electron chi connectivity index (χ3n) is 10.7. The molecule has 2 heterocycles. The molecule has 0 saturated heterocycles. The van der Waals surface area contributed by atoms with E-state index in [1.54, 1.807) is 115 Å². The van der Waals surface area contributed by atoms with Gasteiger partial charge in [-0.15, -0.1) is 0 Å². The predicted molar refractivity (Wildman–Crippen MR) is 219 cm³/mol. The predicted octanol–water partition coefficient (Wildman–Crippen LogP) is 11.5. The zero-order chi connectivity index (χ0) is 41.9. The second kappa shape index (κ2) is 13.8. The van der Waals surface area contributed by atoms with Gasteiger partial charge >= 0.3 is 6.18 Å². The summed E-state index contributed by atoms with van der Waals surface area (Å²) in [5.41, 5.74) is 5.21. The standard InChI is InChI=1S/C49H21F3N8/c50-49(51,52)42-20-33(27-58)1-8-35(42)34-7-14-48(60-45-11-4-30(24-55)17-38(45)39-18-31(25-56)5-12-46(39)60)41(21-34)40-19-32(26-57)6-13-47(40)59-43-9-2-28(22-53)15-36(43)37-16-29(23-54)3-10-44(37)59/h1-21H. The van der Waals surface area contributed by atoms with Crippen LogP contribution in [0.5, 0.6) is 0 Å². The minimum Gasteiger partial charge on any atom is -0.309 e. The van der Waals surface area contributed by atoms with Gasteiger partial charge in [0.15, 0.2) is 0 Å². The number of halogens is 3. The normalized spacial score (nSPS) is 11.2. The Morgan fingerprint density at radius 2 is 0.683 bits per heavy atom. The summed E-state index contributed by atoms with van der Waals surface area (Å²) in [5.74, 6) is 0. The Balaban J connectivity index is 1.45. The number of hydrogen-bond acceptors (Lipinski definition) is 6. The van der Waals surface area contributed by atoms with Gasteiger partial charge in [-0.05, 0) is 126 Å². The molecule has 0 aliphatic heterocycles. The molecule has 0 aliphatic carbocycles. The van der Waals surface area contributed by atoms with Crippen molar-refractivity contribution in [1.29, 1.82) is 31.6 Å². The lowest BCUT2D eigenvalue weighted by Crippen LogP contribution is -2.08. The van der Waals surface area contributed by atoms with Crippen molar-refractivity contribution in [3.63, 3.8) is 0 Å². The van der Waals surface area contributed by atoms with Crippen molar-refractivity contribution in [3.8, 4) is 70.0 Å². The van der Waals surface area contributed by atoms with Gasteiger partial charge in [0, 0.05) is 32.7 Å². The fraction of sp³-hybridized carbons (Fsp3) is 0.0204. The van der Waals surface area contributed by atoms with Gasteiger partial charge in [0.1, 0.15) is 0 Å². The average molecular weight is 779 g/mol. The maximum absolute atomic E-state index is 14.8. The van der Waals surface area contributed by atoms with Crippen molar-refractivity contribution in [2.24, 2.45) is 0 Å². The van der Waals surface area contributed by atoms with E-state index in [1.807, 2.05) is 9.13 Å². The minimum absolute atomic E-state index is 0.156. The molecule has 0 spiro atoms. The van der Waals surface area contributed by atoms with Gasteiger partial charge in [-0.25, -0.2) is 0 Å². The average Bonchev–Trinajstić information content (AvgIpc) is 3.78. The Morgan fingerprint density at radius 3 is 1.08 bits per heavy atom. The number of nitriles is 6. The van der Waals surface area contributed by atoms with Crippen molar-refractivity contribution in [2.45, 2.75) is 6.18 Å². The van der Waals surface area contributed by atoms with Crippen LogP contribution >= 0.6 is 0 Å². The highest BCUT2D eigenvalue weighted by Crippen LogP contribution is 2.45. The van der Waals surface area contributed by atoms with E-state index in [9.17, 15) is 44.7 Å². The molecule has 9 rings (SSSR count). The maximum atomic E-state index is 14.8. The van der Waals surface area contributed by atoms with Gasteiger partial charge in [-0.3, -0.25) is 0 Å². The summed E-state index contributed by atoms with van der Waals surface area (Å²) in [6, 6.07) is 46.8. The SMILES string of the molecule is N#Cc1ccc(-n2c3ccc(C#N)cc3c3cc(C#N)ccc32)c(-c2cc(-c3ccc(C#N)cc3C(F)(F)F)ccc2-n2c3ccc(C#N)cc3c3cc(C#N)ccc32)c1. The van der Waals surface area contributed by atoms with Crippen LogP contribution in [0.4, 0.5) is 13.2 Å². The van der Waals surface area contributed by atoms with Gasteiger partial charge in [0.25, 0.3) is 0 Å². The number of rotatable bonds is 4. The summed E-state index contributed by atoms with van der Waals surface area (Å²) in [6.07, 6.45) is -4.82. The minimum atomic E-state index is -4.82. The van der Waals surface area contributed by atoms with Crippen molar-refractivity contribution in [1.82, 2.24) is 9.13 Å². The van der Waals surface area contributed by atoms with Crippen LogP contribution in [-0.2, 0) is 6.18 Å². The molecule has 9 aromatic rings. The van der Waals surface area contributed by atoms with E-state index in [0.717, 1.165) is 6.07 Å². The number of fused-ring (bicyclic) bond motifs is 6. The fourth-order valence-electron chi connectivity index (χ4n) is 8.07. The first-order valence-electron chi connectivity index (χ1n) is 18.2. The van der Waals surface area contributed by atoms with Crippen LogP contribution in [0.1, 0.15) is 38.9 Å². The molecule has 2 aromatic heterocycles. The lowest BCUT2D eigenvalue weighted by molar-refractivity contribution is -0.137. The van der Waals surface area contributed by atoms with Crippen LogP contribution in [-0.4, -0.2) is 9.13 Å². The molecule has 0 unspecified atom stereocenters. The molecular weight excluding hydrogens is 758 g/mol. The lowest BCUT2D eigenvalue weighted by Gasteiger charge is -2.21. The molecule has 0 amide bonds. The molecular formula is C49H21F3N8. The van der Waals surface area contributed by atoms with Gasteiger partial charge in [0.05, 0.1) is 109 Å². The maximum Gasteiger partial charge on any atom is 0.417 e. The van der Waals surface area contributed by atoms with Crippen molar-refractivity contribution >= 4 is 43.6 Å². The van der Waals surface area contributed by atoms with Gasteiger partial charge < -0.3 is 9.13 Å². The lowest BCUT2D eigenvalue weighted by atomic mass is 9.92. The van der Waals surface area contributed by atoms with E-state index in [2.05, 4.69) is 30.3 Å². The molecule has 0 bridgehead atoms. The van der Waals surface area contributed by atoms with Crippen LogP contribution in [0.2, 0.25) is 0 Å². The van der Waals surface area contributed by atoms with E-state index < -0.39 is 11.7 Å². The highest BCUT2D eigenvalue weighted by atomic mass is 19.4. The third kappa shape index (κ3) is 5.72. The quantitative estimate of drug-likeness (QED) is 0.173. The highest BCUT2D eigenvalue weighted by Gasteiger charge is 2.34. The highest BCUT2D eigenvalue weighted by molar-refractivity contribution is 6.12. The fourth-order valence-corrected chi connectivity index (χ4v) is 8.07. The van der Waals surface area contributed by atoms with Gasteiger partial charge in [0.2, 0.25) is 0 Å². The van der Waals surface area contributed by atoms with E-state index in [1.165, 1.54) is 12.1 Å². The molecule has 0 N–H and O–H groups in total. The van der Waals surface area contributed by atoms with E-state index in [4.69, 9.17) is 0 Å². The van der Waals surface area contributed by atoms with E-state index in [0.29, 0.717) is 88.4 Å². The number of hydrogen-bond donors (Lipinski definition) is 0. The number of benzene rings is 7. The second-order valence-electron chi connectivity index (χ2n) is 14.0. The van der Waals surface area contributed by atoms with Crippen LogP contribution in [0.15, 0.2) is 127 Å². The Morgan fingerprint density at radius 1 is 0.350 bits per heavy atom. The first-order valence-corrected chi connectivity index (χ1v) is 18.2. The van der Waals surface area contributed by atoms with Crippen molar-refractivity contribution in [3.05, 3.63) is 166 Å². The first kappa shape index (κ1) is 36.5. The smallest absolute Gasteiger partial charge is 0.309 e. The molecule has 0 radical (unpaired) electrons.